The zero-order valence-electron chi connectivity index (χ0n) is 12.3. The Hall–Kier alpha value is -1.94. The van der Waals surface area contributed by atoms with Gasteiger partial charge in [0.1, 0.15) is 0 Å². The minimum Gasteiger partial charge on any atom is -0.381 e. The maximum Gasteiger partial charge on any atom is 0.220 e. The van der Waals surface area contributed by atoms with Gasteiger partial charge < -0.3 is 10.1 Å². The van der Waals surface area contributed by atoms with Crippen LogP contribution in [0.15, 0.2) is 30.5 Å². The first kappa shape index (κ1) is 14.0. The number of aryl methyl sites for hydroxylation is 1. The summed E-state index contributed by atoms with van der Waals surface area (Å²) < 4.78 is 5.30. The first-order valence-electron chi connectivity index (χ1n) is 7.41. The number of nitrogens with one attached hydrogen (secondary N) is 1. The fourth-order valence-corrected chi connectivity index (χ4v) is 2.80. The number of hydrogen-bond donors (Lipinski definition) is 1. The molecule has 4 heteroatoms. The van der Waals surface area contributed by atoms with Crippen LogP contribution in [0.2, 0.25) is 0 Å². The van der Waals surface area contributed by atoms with Gasteiger partial charge in [-0.1, -0.05) is 18.2 Å². The summed E-state index contributed by atoms with van der Waals surface area (Å²) in [6.07, 6.45) is 3.35. The van der Waals surface area contributed by atoms with Crippen molar-refractivity contribution in [3.63, 3.8) is 0 Å². The maximum atomic E-state index is 12.0. The molecule has 1 aliphatic rings. The normalized spacial score (nSPS) is 18.0. The lowest BCUT2D eigenvalue weighted by Gasteiger charge is -2.11. The molecular weight excluding hydrogens is 264 g/mol. The van der Waals surface area contributed by atoms with E-state index in [0.717, 1.165) is 35.1 Å². The van der Waals surface area contributed by atoms with Crippen LogP contribution in [0.4, 0.5) is 0 Å². The Labute approximate surface area is 124 Å². The van der Waals surface area contributed by atoms with Crippen molar-refractivity contribution in [2.24, 2.45) is 5.92 Å². The van der Waals surface area contributed by atoms with Crippen LogP contribution < -0.4 is 5.32 Å². The highest BCUT2D eigenvalue weighted by atomic mass is 16.5. The monoisotopic (exact) mass is 284 g/mol. The first-order chi connectivity index (χ1) is 10.2. The molecule has 21 heavy (non-hydrogen) atoms. The van der Waals surface area contributed by atoms with Crippen LogP contribution in [-0.4, -0.2) is 24.1 Å². The van der Waals surface area contributed by atoms with Crippen LogP contribution in [-0.2, 0) is 16.1 Å². The average Bonchev–Trinajstić information content (AvgIpc) is 3.00. The second kappa shape index (κ2) is 6.22. The molecule has 2 aromatic rings. The van der Waals surface area contributed by atoms with Gasteiger partial charge in [-0.05, 0) is 36.5 Å². The Morgan fingerprint density at radius 1 is 1.43 bits per heavy atom. The van der Waals surface area contributed by atoms with Gasteiger partial charge in [-0.3, -0.25) is 9.78 Å². The molecule has 3 rings (SSSR count). The first-order valence-corrected chi connectivity index (χ1v) is 7.41. The molecule has 0 spiro atoms. The molecule has 0 radical (unpaired) electrons. The van der Waals surface area contributed by atoms with Crippen molar-refractivity contribution >= 4 is 16.8 Å². The molecule has 1 aliphatic heterocycles. The number of amides is 1. The Morgan fingerprint density at radius 3 is 3.14 bits per heavy atom. The average molecular weight is 284 g/mol. The molecule has 0 bridgehead atoms. The molecule has 1 aromatic heterocycles. The number of aromatic nitrogens is 1. The van der Waals surface area contributed by atoms with Crippen molar-refractivity contribution in [1.29, 1.82) is 0 Å². The van der Waals surface area contributed by atoms with Gasteiger partial charge in [0.15, 0.2) is 0 Å². The van der Waals surface area contributed by atoms with E-state index in [1.54, 1.807) is 6.20 Å². The minimum atomic E-state index is 0.100. The van der Waals surface area contributed by atoms with Crippen molar-refractivity contribution in [2.45, 2.75) is 26.3 Å². The number of carbonyl (C=O) groups is 1. The summed E-state index contributed by atoms with van der Waals surface area (Å²) in [4.78, 5) is 16.4. The van der Waals surface area contributed by atoms with Crippen molar-refractivity contribution in [1.82, 2.24) is 10.3 Å². The van der Waals surface area contributed by atoms with Crippen LogP contribution in [0.3, 0.4) is 0 Å². The largest absolute Gasteiger partial charge is 0.381 e. The van der Waals surface area contributed by atoms with Gasteiger partial charge >= 0.3 is 0 Å². The number of ether oxygens (including phenoxy) is 1. The fourth-order valence-electron chi connectivity index (χ4n) is 2.80. The fraction of sp³-hybridized carbons (Fsp3) is 0.412. The number of nitrogens with zero attached hydrogens (tertiary/aromatic N) is 1. The smallest absolute Gasteiger partial charge is 0.220 e. The van der Waals surface area contributed by atoms with Gasteiger partial charge in [0.05, 0.1) is 5.52 Å². The van der Waals surface area contributed by atoms with Crippen LogP contribution in [0.1, 0.15) is 24.0 Å². The summed E-state index contributed by atoms with van der Waals surface area (Å²) in [5.41, 5.74) is 3.27. The Bertz CT molecular complexity index is 648. The van der Waals surface area contributed by atoms with Gasteiger partial charge in [0.25, 0.3) is 0 Å². The summed E-state index contributed by atoms with van der Waals surface area (Å²) in [5.74, 6) is 0.476. The standard InChI is InChI=1S/C17H20N2O2/c1-12-4-5-14(15-3-2-7-18-17(12)15)10-19-16(20)9-13-6-8-21-11-13/h2-5,7,13H,6,8-11H2,1H3,(H,19,20)/t13-/m1/s1. The van der Waals surface area contributed by atoms with Crippen molar-refractivity contribution in [3.05, 3.63) is 41.6 Å². The molecule has 2 heterocycles. The third-order valence-electron chi connectivity index (χ3n) is 4.04. The van der Waals surface area contributed by atoms with Crippen LogP contribution >= 0.6 is 0 Å². The quantitative estimate of drug-likeness (QED) is 0.939. The Kier molecular flexibility index (Phi) is 4.15. The molecule has 1 N–H and O–H groups in total. The lowest BCUT2D eigenvalue weighted by atomic mass is 10.0. The number of hydrogen-bond acceptors (Lipinski definition) is 3. The number of pyridine rings is 1. The number of carbonyl (C=O) groups excluding carboxylic acids is 1. The number of fused-ring (bicyclic) bond motifs is 1. The second-order valence-electron chi connectivity index (χ2n) is 5.65. The number of benzene rings is 1. The van der Waals surface area contributed by atoms with Crippen molar-refractivity contribution in [3.8, 4) is 0 Å². The van der Waals surface area contributed by atoms with Crippen LogP contribution in [0.25, 0.3) is 10.9 Å². The van der Waals surface area contributed by atoms with Gasteiger partial charge in [-0.25, -0.2) is 0 Å². The van der Waals surface area contributed by atoms with Crippen LogP contribution in [0, 0.1) is 12.8 Å². The van der Waals surface area contributed by atoms with E-state index < -0.39 is 0 Å². The van der Waals surface area contributed by atoms with Gasteiger partial charge in [0.2, 0.25) is 5.91 Å². The van der Waals surface area contributed by atoms with Crippen molar-refractivity contribution in [2.75, 3.05) is 13.2 Å². The molecule has 110 valence electrons. The molecule has 1 fully saturated rings. The topological polar surface area (TPSA) is 51.2 Å². The van der Waals surface area contributed by atoms with E-state index in [9.17, 15) is 4.79 Å². The van der Waals surface area contributed by atoms with E-state index in [1.807, 2.05) is 6.07 Å². The lowest BCUT2D eigenvalue weighted by molar-refractivity contribution is -0.122. The van der Waals surface area contributed by atoms with E-state index in [1.165, 1.54) is 0 Å². The zero-order valence-corrected chi connectivity index (χ0v) is 12.3. The summed E-state index contributed by atoms with van der Waals surface area (Å²) in [6, 6.07) is 8.12. The molecule has 0 saturated carbocycles. The second-order valence-corrected chi connectivity index (χ2v) is 5.65. The molecule has 1 aromatic carbocycles. The molecule has 0 aliphatic carbocycles. The predicted molar refractivity (Wildman–Crippen MR) is 81.9 cm³/mol. The summed E-state index contributed by atoms with van der Waals surface area (Å²) >= 11 is 0. The highest BCUT2D eigenvalue weighted by Crippen LogP contribution is 2.20. The SMILES string of the molecule is Cc1ccc(CNC(=O)C[C@H]2CCOC2)c2cccnc12. The van der Waals surface area contributed by atoms with Gasteiger partial charge in [-0.2, -0.15) is 0 Å². The maximum absolute atomic E-state index is 12.0. The lowest BCUT2D eigenvalue weighted by Crippen LogP contribution is -2.25. The predicted octanol–water partition coefficient (Wildman–Crippen LogP) is 2.59. The van der Waals surface area contributed by atoms with E-state index in [2.05, 4.69) is 35.4 Å². The molecule has 1 amide bonds. The summed E-state index contributed by atoms with van der Waals surface area (Å²) in [7, 11) is 0. The molecule has 4 nitrogen and oxygen atoms in total. The molecule has 0 unspecified atom stereocenters. The van der Waals surface area contributed by atoms with Gasteiger partial charge in [0, 0.05) is 37.8 Å². The summed E-state index contributed by atoms with van der Waals surface area (Å²) in [6.45, 7) is 4.10. The molecular formula is C17H20N2O2. The minimum absolute atomic E-state index is 0.100. The zero-order chi connectivity index (χ0) is 14.7. The summed E-state index contributed by atoms with van der Waals surface area (Å²) in [5, 5.41) is 4.13. The van der Waals surface area contributed by atoms with E-state index in [0.29, 0.717) is 25.5 Å². The van der Waals surface area contributed by atoms with E-state index in [4.69, 9.17) is 4.74 Å². The molecule has 1 atom stereocenters. The highest BCUT2D eigenvalue weighted by Gasteiger charge is 2.19. The van der Waals surface area contributed by atoms with Gasteiger partial charge in [-0.15, -0.1) is 0 Å². The Balaban J connectivity index is 1.67. The third-order valence-corrected chi connectivity index (χ3v) is 4.04. The highest BCUT2D eigenvalue weighted by molar-refractivity contribution is 5.85. The molecule has 1 saturated heterocycles. The van der Waals surface area contributed by atoms with Crippen molar-refractivity contribution < 1.29 is 9.53 Å². The van der Waals surface area contributed by atoms with E-state index >= 15 is 0 Å². The Morgan fingerprint density at radius 2 is 2.33 bits per heavy atom. The number of rotatable bonds is 4. The van der Waals surface area contributed by atoms with E-state index in [-0.39, 0.29) is 5.91 Å². The third kappa shape index (κ3) is 3.22. The van der Waals surface area contributed by atoms with Crippen LogP contribution in [0.5, 0.6) is 0 Å².